The number of para-hydroxylation sites is 1. The number of amidine groups is 2. The molecule has 1 fully saturated rings. The van der Waals surface area contributed by atoms with E-state index in [4.69, 9.17) is 5.73 Å². The van der Waals surface area contributed by atoms with E-state index in [-0.39, 0.29) is 17.5 Å². The van der Waals surface area contributed by atoms with E-state index in [0.29, 0.717) is 22.2 Å². The SMILES string of the molecule is CCc1ccccc1N1C(=O)CS/C1=N\N=C\c1ccc(C(N)=NC=Nc2ccc(OC(F)(F)F)cc2)cc1. The number of nitrogens with two attached hydrogens (primary N) is 1. The molecule has 39 heavy (non-hydrogen) atoms. The summed E-state index contributed by atoms with van der Waals surface area (Å²) in [5.74, 6) is 0.130. The van der Waals surface area contributed by atoms with Crippen LogP contribution in [0.1, 0.15) is 23.6 Å². The number of benzene rings is 3. The van der Waals surface area contributed by atoms with Crippen LogP contribution < -0.4 is 15.4 Å². The minimum Gasteiger partial charge on any atom is -0.406 e. The van der Waals surface area contributed by atoms with Gasteiger partial charge in [-0.15, -0.1) is 18.3 Å². The number of anilines is 1. The highest BCUT2D eigenvalue weighted by molar-refractivity contribution is 8.15. The molecule has 0 saturated carbocycles. The first kappa shape index (κ1) is 27.6. The summed E-state index contributed by atoms with van der Waals surface area (Å²) in [6.45, 7) is 2.04. The molecule has 1 saturated heterocycles. The molecule has 0 aliphatic carbocycles. The number of nitrogens with zero attached hydrogens (tertiary/aromatic N) is 5. The Morgan fingerprint density at radius 1 is 1.08 bits per heavy atom. The predicted molar refractivity (Wildman–Crippen MR) is 149 cm³/mol. The minimum atomic E-state index is -4.75. The van der Waals surface area contributed by atoms with E-state index in [1.54, 1.807) is 35.4 Å². The summed E-state index contributed by atoms with van der Waals surface area (Å²) in [5.41, 5.74) is 9.67. The van der Waals surface area contributed by atoms with Crippen molar-refractivity contribution in [3.05, 3.63) is 89.5 Å². The molecule has 1 heterocycles. The van der Waals surface area contributed by atoms with E-state index >= 15 is 0 Å². The summed E-state index contributed by atoms with van der Waals surface area (Å²) >= 11 is 1.34. The quantitative estimate of drug-likeness (QED) is 0.220. The molecule has 8 nitrogen and oxygen atoms in total. The highest BCUT2D eigenvalue weighted by Gasteiger charge is 2.31. The number of rotatable bonds is 8. The summed E-state index contributed by atoms with van der Waals surface area (Å²) in [5, 5.41) is 8.96. The zero-order chi connectivity index (χ0) is 27.8. The van der Waals surface area contributed by atoms with Crippen LogP contribution in [0.4, 0.5) is 24.5 Å². The second kappa shape index (κ2) is 12.4. The van der Waals surface area contributed by atoms with E-state index in [2.05, 4.69) is 24.9 Å². The van der Waals surface area contributed by atoms with E-state index in [1.165, 1.54) is 30.2 Å². The maximum absolute atomic E-state index is 12.5. The summed E-state index contributed by atoms with van der Waals surface area (Å²) in [6.07, 6.45) is -1.18. The van der Waals surface area contributed by atoms with Gasteiger partial charge in [0.05, 0.1) is 23.3 Å². The van der Waals surface area contributed by atoms with Crippen molar-refractivity contribution in [2.24, 2.45) is 25.9 Å². The van der Waals surface area contributed by atoms with Crippen molar-refractivity contribution < 1.29 is 22.7 Å². The van der Waals surface area contributed by atoms with Crippen LogP contribution in [0.15, 0.2) is 93.0 Å². The molecule has 0 atom stereocenters. The molecule has 0 aromatic heterocycles. The molecule has 3 aromatic rings. The van der Waals surface area contributed by atoms with E-state index in [0.717, 1.165) is 35.4 Å². The average Bonchev–Trinajstić information content (AvgIpc) is 3.28. The Kier molecular flexibility index (Phi) is 8.77. The van der Waals surface area contributed by atoms with Crippen LogP contribution >= 0.6 is 11.8 Å². The van der Waals surface area contributed by atoms with Gasteiger partial charge in [0.15, 0.2) is 5.17 Å². The average molecular weight is 553 g/mol. The maximum Gasteiger partial charge on any atom is 0.573 e. The van der Waals surface area contributed by atoms with E-state index < -0.39 is 6.36 Å². The molecule has 200 valence electrons. The molecule has 4 rings (SSSR count). The fraction of sp³-hybridized carbons (Fsp3) is 0.148. The van der Waals surface area contributed by atoms with Gasteiger partial charge in [-0.25, -0.2) is 9.98 Å². The summed E-state index contributed by atoms with van der Waals surface area (Å²) in [4.78, 5) is 22.2. The number of hydrogen-bond acceptors (Lipinski definition) is 6. The lowest BCUT2D eigenvalue weighted by Crippen LogP contribution is -2.30. The Balaban J connectivity index is 1.38. The van der Waals surface area contributed by atoms with Gasteiger partial charge in [0.25, 0.3) is 0 Å². The first-order valence-corrected chi connectivity index (χ1v) is 12.7. The fourth-order valence-corrected chi connectivity index (χ4v) is 4.37. The molecule has 0 radical (unpaired) electrons. The second-order valence-electron chi connectivity index (χ2n) is 8.05. The minimum absolute atomic E-state index is 0.0370. The number of aryl methyl sites for hydroxylation is 1. The highest BCUT2D eigenvalue weighted by Crippen LogP contribution is 2.30. The zero-order valence-corrected chi connectivity index (χ0v) is 21.5. The van der Waals surface area contributed by atoms with Crippen LogP contribution in [0, 0.1) is 0 Å². The molecule has 1 aliphatic heterocycles. The molecular formula is C27H23F3N6O2S. The van der Waals surface area contributed by atoms with Gasteiger partial charge in [-0.05, 0) is 47.9 Å². The summed E-state index contributed by atoms with van der Waals surface area (Å²) in [7, 11) is 0. The standard InChI is InChI=1S/C27H23F3N6O2S/c1-2-19-5-3-4-6-23(19)36-24(37)16-39-26(36)35-34-15-18-7-9-20(10-8-18)25(31)33-17-32-21-11-13-22(14-12-21)38-27(28,29)30/h3-15,17H,2,16H2,1H3,(H2,31,32,33)/b34-15+,35-26-. The van der Waals surface area contributed by atoms with Crippen molar-refractivity contribution in [3.8, 4) is 5.75 Å². The van der Waals surface area contributed by atoms with Gasteiger partial charge in [-0.1, -0.05) is 61.2 Å². The van der Waals surface area contributed by atoms with Gasteiger partial charge in [0.1, 0.15) is 17.9 Å². The fourth-order valence-electron chi connectivity index (χ4n) is 3.55. The maximum atomic E-state index is 12.5. The smallest absolute Gasteiger partial charge is 0.406 e. The molecule has 3 aromatic carbocycles. The first-order valence-electron chi connectivity index (χ1n) is 11.7. The van der Waals surface area contributed by atoms with E-state index in [1.807, 2.05) is 31.2 Å². The number of aliphatic imine (C=N–C) groups is 2. The largest absolute Gasteiger partial charge is 0.573 e. The Labute approximate surface area is 226 Å². The number of carbonyl (C=O) groups is 1. The Hall–Kier alpha value is -4.45. The monoisotopic (exact) mass is 552 g/mol. The van der Waals surface area contributed by atoms with Crippen LogP contribution in [-0.4, -0.2) is 41.6 Å². The Morgan fingerprint density at radius 2 is 1.79 bits per heavy atom. The lowest BCUT2D eigenvalue weighted by molar-refractivity contribution is -0.274. The summed E-state index contributed by atoms with van der Waals surface area (Å²) in [6, 6.07) is 19.8. The van der Waals surface area contributed by atoms with Gasteiger partial charge >= 0.3 is 6.36 Å². The second-order valence-corrected chi connectivity index (χ2v) is 8.99. The number of alkyl halides is 3. The third kappa shape index (κ3) is 7.54. The van der Waals surface area contributed by atoms with Crippen LogP contribution in [0.2, 0.25) is 0 Å². The lowest BCUT2D eigenvalue weighted by Gasteiger charge is -2.18. The van der Waals surface area contributed by atoms with Gasteiger partial charge in [0, 0.05) is 5.56 Å². The Bertz CT molecular complexity index is 1440. The third-order valence-electron chi connectivity index (χ3n) is 5.41. The number of thioether (sulfide) groups is 1. The van der Waals surface area contributed by atoms with Crippen molar-refractivity contribution in [2.45, 2.75) is 19.7 Å². The first-order chi connectivity index (χ1) is 18.7. The molecule has 0 bridgehead atoms. The number of ether oxygens (including phenoxy) is 1. The van der Waals surface area contributed by atoms with Gasteiger partial charge in [0.2, 0.25) is 5.91 Å². The number of hydrogen-bond donors (Lipinski definition) is 1. The molecule has 12 heteroatoms. The Morgan fingerprint density at radius 3 is 2.49 bits per heavy atom. The summed E-state index contributed by atoms with van der Waals surface area (Å²) < 4.78 is 40.6. The van der Waals surface area contributed by atoms with Crippen molar-refractivity contribution in [2.75, 3.05) is 10.7 Å². The molecule has 0 unspecified atom stereocenters. The highest BCUT2D eigenvalue weighted by atomic mass is 32.2. The number of halogens is 3. The molecular weight excluding hydrogens is 529 g/mol. The van der Waals surface area contributed by atoms with E-state index in [9.17, 15) is 18.0 Å². The normalized spacial score (nSPS) is 15.7. The van der Waals surface area contributed by atoms with Crippen molar-refractivity contribution in [1.82, 2.24) is 0 Å². The molecule has 0 spiro atoms. The number of amides is 1. The molecule has 1 aliphatic rings. The van der Waals surface area contributed by atoms with Crippen molar-refractivity contribution >= 4 is 52.6 Å². The van der Waals surface area contributed by atoms with Gasteiger partial charge in [-0.3, -0.25) is 9.69 Å². The lowest BCUT2D eigenvalue weighted by atomic mass is 10.1. The van der Waals surface area contributed by atoms with Crippen LogP contribution in [0.5, 0.6) is 5.75 Å². The van der Waals surface area contributed by atoms with Crippen molar-refractivity contribution in [3.63, 3.8) is 0 Å². The third-order valence-corrected chi connectivity index (χ3v) is 6.32. The predicted octanol–water partition coefficient (Wildman–Crippen LogP) is 5.68. The van der Waals surface area contributed by atoms with Crippen molar-refractivity contribution in [1.29, 1.82) is 0 Å². The van der Waals surface area contributed by atoms with Crippen LogP contribution in [0.3, 0.4) is 0 Å². The number of carbonyl (C=O) groups excluding carboxylic acids is 1. The molecule has 2 N–H and O–H groups in total. The molecule has 1 amide bonds. The van der Waals surface area contributed by atoms with Gasteiger partial charge in [-0.2, -0.15) is 5.10 Å². The zero-order valence-electron chi connectivity index (χ0n) is 20.7. The topological polar surface area (TPSA) is 105 Å². The van der Waals surface area contributed by atoms with Gasteiger partial charge < -0.3 is 10.5 Å². The van der Waals surface area contributed by atoms with Crippen LogP contribution in [-0.2, 0) is 11.2 Å². The van der Waals surface area contributed by atoms with Crippen LogP contribution in [0.25, 0.3) is 0 Å².